The largest absolute Gasteiger partial charge is 0.324 e. The van der Waals surface area contributed by atoms with Crippen LogP contribution in [0.3, 0.4) is 0 Å². The summed E-state index contributed by atoms with van der Waals surface area (Å²) in [5.41, 5.74) is 6.86. The summed E-state index contributed by atoms with van der Waals surface area (Å²) in [6.45, 7) is 7.67. The van der Waals surface area contributed by atoms with Gasteiger partial charge in [0.1, 0.15) is 5.82 Å². The minimum atomic E-state index is -0.220. The van der Waals surface area contributed by atoms with Crippen LogP contribution in [-0.2, 0) is 0 Å². The third-order valence-corrected chi connectivity index (χ3v) is 4.37. The van der Waals surface area contributed by atoms with Crippen LogP contribution < -0.4 is 5.73 Å². The molecule has 1 heterocycles. The van der Waals surface area contributed by atoms with Gasteiger partial charge in [-0.1, -0.05) is 38.5 Å². The zero-order valence-corrected chi connectivity index (χ0v) is 12.0. The van der Waals surface area contributed by atoms with E-state index in [1.54, 1.807) is 12.1 Å². The van der Waals surface area contributed by atoms with E-state index in [1.807, 2.05) is 6.07 Å². The first kappa shape index (κ1) is 14.5. The molecule has 3 unspecified atom stereocenters. The Morgan fingerprint density at radius 3 is 2.79 bits per heavy atom. The van der Waals surface area contributed by atoms with Crippen LogP contribution >= 0.6 is 0 Å². The maximum absolute atomic E-state index is 13.7. The van der Waals surface area contributed by atoms with Gasteiger partial charge in [0.25, 0.3) is 0 Å². The Bertz CT molecular complexity index is 407. The van der Waals surface area contributed by atoms with Crippen molar-refractivity contribution in [1.82, 2.24) is 4.90 Å². The average Bonchev–Trinajstić information content (AvgIpc) is 2.86. The van der Waals surface area contributed by atoms with Crippen LogP contribution in [0.1, 0.15) is 38.3 Å². The molecule has 1 aromatic carbocycles. The second-order valence-electron chi connectivity index (χ2n) is 5.85. The first-order valence-electron chi connectivity index (χ1n) is 7.34. The summed E-state index contributed by atoms with van der Waals surface area (Å²) >= 11 is 0. The molecule has 1 aliphatic rings. The number of likely N-dealkylation sites (tertiary alicyclic amines) is 1. The lowest BCUT2D eigenvalue weighted by Crippen LogP contribution is -2.32. The second-order valence-corrected chi connectivity index (χ2v) is 5.85. The van der Waals surface area contributed by atoms with Crippen LogP contribution in [0, 0.1) is 17.7 Å². The number of nitrogens with two attached hydrogens (primary N) is 1. The van der Waals surface area contributed by atoms with Crippen LogP contribution in [0.5, 0.6) is 0 Å². The van der Waals surface area contributed by atoms with Gasteiger partial charge in [-0.15, -0.1) is 0 Å². The number of halogens is 1. The smallest absolute Gasteiger partial charge is 0.127 e. The Morgan fingerprint density at radius 1 is 1.42 bits per heavy atom. The van der Waals surface area contributed by atoms with Crippen molar-refractivity contribution in [2.45, 2.75) is 32.7 Å². The molecule has 1 aromatic rings. The minimum Gasteiger partial charge on any atom is -0.324 e. The van der Waals surface area contributed by atoms with E-state index in [4.69, 9.17) is 5.73 Å². The van der Waals surface area contributed by atoms with Crippen LogP contribution in [0.2, 0.25) is 0 Å². The summed E-state index contributed by atoms with van der Waals surface area (Å²) in [7, 11) is 0. The monoisotopic (exact) mass is 264 g/mol. The van der Waals surface area contributed by atoms with Crippen molar-refractivity contribution in [1.29, 1.82) is 0 Å². The summed E-state index contributed by atoms with van der Waals surface area (Å²) in [6, 6.07) is 6.64. The molecule has 0 saturated carbocycles. The van der Waals surface area contributed by atoms with Crippen molar-refractivity contribution in [2.24, 2.45) is 17.6 Å². The number of rotatable bonds is 5. The number of benzene rings is 1. The van der Waals surface area contributed by atoms with Crippen molar-refractivity contribution < 1.29 is 4.39 Å². The van der Waals surface area contributed by atoms with Gasteiger partial charge in [-0.2, -0.15) is 0 Å². The van der Waals surface area contributed by atoms with Gasteiger partial charge in [-0.05, 0) is 30.9 Å². The highest BCUT2D eigenvalue weighted by Crippen LogP contribution is 2.25. The molecule has 2 nitrogen and oxygen atoms in total. The molecule has 1 fully saturated rings. The Balaban J connectivity index is 1.93. The van der Waals surface area contributed by atoms with Crippen LogP contribution in [0.25, 0.3) is 0 Å². The quantitative estimate of drug-likeness (QED) is 0.885. The maximum Gasteiger partial charge on any atom is 0.127 e. The van der Waals surface area contributed by atoms with Crippen LogP contribution in [0.15, 0.2) is 24.3 Å². The molecule has 0 bridgehead atoms. The first-order valence-corrected chi connectivity index (χ1v) is 7.34. The van der Waals surface area contributed by atoms with Gasteiger partial charge in [0.15, 0.2) is 0 Å². The first-order chi connectivity index (χ1) is 9.11. The van der Waals surface area contributed by atoms with Crippen LogP contribution in [-0.4, -0.2) is 24.5 Å². The summed E-state index contributed by atoms with van der Waals surface area (Å²) < 4.78 is 13.7. The highest BCUT2D eigenvalue weighted by atomic mass is 19.1. The Morgan fingerprint density at radius 2 is 2.16 bits per heavy atom. The van der Waals surface area contributed by atoms with Crippen molar-refractivity contribution in [3.05, 3.63) is 35.6 Å². The molecule has 106 valence electrons. The molecule has 2 rings (SSSR count). The molecule has 19 heavy (non-hydrogen) atoms. The lowest BCUT2D eigenvalue weighted by atomic mass is 9.94. The molecule has 3 atom stereocenters. The summed E-state index contributed by atoms with van der Waals surface area (Å²) in [4.78, 5) is 2.47. The van der Waals surface area contributed by atoms with Gasteiger partial charge in [0.2, 0.25) is 0 Å². The van der Waals surface area contributed by atoms with E-state index >= 15 is 0 Å². The Kier molecular flexibility index (Phi) is 4.94. The highest BCUT2D eigenvalue weighted by Gasteiger charge is 2.25. The molecule has 0 spiro atoms. The molecule has 1 saturated heterocycles. The minimum absolute atomic E-state index is 0.185. The van der Waals surface area contributed by atoms with Gasteiger partial charge in [-0.25, -0.2) is 4.39 Å². The molecule has 2 N–H and O–H groups in total. The standard InChI is InChI=1S/C16H25FN2/c1-3-13-8-9-19(11-13)10-12(2)16(18)14-6-4-5-7-15(14)17/h4-7,12-13,16H,3,8-11,18H2,1-2H3. The Labute approximate surface area is 115 Å². The normalized spacial score (nSPS) is 23.5. The van der Waals surface area contributed by atoms with E-state index < -0.39 is 0 Å². The van der Waals surface area contributed by atoms with Gasteiger partial charge < -0.3 is 10.6 Å². The molecule has 3 heteroatoms. The number of nitrogens with zero attached hydrogens (tertiary/aromatic N) is 1. The predicted octanol–water partition coefficient (Wildman–Crippen LogP) is 3.19. The second kappa shape index (κ2) is 6.49. The van der Waals surface area contributed by atoms with Crippen molar-refractivity contribution in [2.75, 3.05) is 19.6 Å². The molecular formula is C16H25FN2. The van der Waals surface area contributed by atoms with Gasteiger partial charge >= 0.3 is 0 Å². The molecule has 1 aliphatic heterocycles. The van der Waals surface area contributed by atoms with Gasteiger partial charge in [0.05, 0.1) is 0 Å². The van der Waals surface area contributed by atoms with Crippen molar-refractivity contribution >= 4 is 0 Å². The molecular weight excluding hydrogens is 239 g/mol. The summed E-state index contributed by atoms with van der Waals surface area (Å²) in [6.07, 6.45) is 2.54. The lowest BCUT2D eigenvalue weighted by molar-refractivity contribution is 0.255. The third kappa shape index (κ3) is 3.54. The zero-order valence-electron chi connectivity index (χ0n) is 12.0. The SMILES string of the molecule is CCC1CCN(CC(C)C(N)c2ccccc2F)C1. The predicted molar refractivity (Wildman–Crippen MR) is 77.3 cm³/mol. The van der Waals surface area contributed by atoms with E-state index in [0.717, 1.165) is 19.0 Å². The van der Waals surface area contributed by atoms with Crippen molar-refractivity contribution in [3.63, 3.8) is 0 Å². The summed E-state index contributed by atoms with van der Waals surface area (Å²) in [5.74, 6) is 0.916. The molecule has 0 aliphatic carbocycles. The van der Waals surface area contributed by atoms with E-state index in [2.05, 4.69) is 18.7 Å². The maximum atomic E-state index is 13.7. The fraction of sp³-hybridized carbons (Fsp3) is 0.625. The average molecular weight is 264 g/mol. The van der Waals surface area contributed by atoms with E-state index in [1.165, 1.54) is 25.5 Å². The van der Waals surface area contributed by atoms with Gasteiger partial charge in [-0.3, -0.25) is 0 Å². The fourth-order valence-electron chi connectivity index (χ4n) is 2.98. The number of hydrogen-bond donors (Lipinski definition) is 1. The fourth-order valence-corrected chi connectivity index (χ4v) is 2.98. The van der Waals surface area contributed by atoms with E-state index in [-0.39, 0.29) is 17.8 Å². The molecule has 0 radical (unpaired) electrons. The van der Waals surface area contributed by atoms with Crippen molar-refractivity contribution in [3.8, 4) is 0 Å². The van der Waals surface area contributed by atoms with Crippen LogP contribution in [0.4, 0.5) is 4.39 Å². The third-order valence-electron chi connectivity index (χ3n) is 4.37. The topological polar surface area (TPSA) is 29.3 Å². The molecule has 0 amide bonds. The zero-order chi connectivity index (χ0) is 13.8. The Hall–Kier alpha value is -0.930. The summed E-state index contributed by atoms with van der Waals surface area (Å²) in [5, 5.41) is 0. The van der Waals surface area contributed by atoms with Gasteiger partial charge in [0, 0.05) is 24.7 Å². The lowest BCUT2D eigenvalue weighted by Gasteiger charge is -2.26. The van der Waals surface area contributed by atoms with E-state index in [0.29, 0.717) is 5.56 Å². The molecule has 0 aromatic heterocycles. The highest BCUT2D eigenvalue weighted by molar-refractivity contribution is 5.21. The number of hydrogen-bond acceptors (Lipinski definition) is 2. The van der Waals surface area contributed by atoms with E-state index in [9.17, 15) is 4.39 Å².